The number of carbonyl (C=O) groups is 5. The number of aryl methyl sites for hydroxylation is 1. The zero-order valence-corrected chi connectivity index (χ0v) is 13.8. The second kappa shape index (κ2) is 7.12. The van der Waals surface area contributed by atoms with E-state index in [1.807, 2.05) is 0 Å². The SMILES string of the molecule is CC(=O)Oc1cc(OC(C)=O)c(C(=O)ON2C(=O)CCC2=O)cc1C. The van der Waals surface area contributed by atoms with E-state index in [0.29, 0.717) is 10.6 Å². The second-order valence-corrected chi connectivity index (χ2v) is 5.26. The molecule has 0 atom stereocenters. The molecule has 132 valence electrons. The first-order valence-electron chi connectivity index (χ1n) is 7.28. The molecule has 2 rings (SSSR count). The van der Waals surface area contributed by atoms with Gasteiger partial charge in [-0.25, -0.2) is 4.79 Å². The van der Waals surface area contributed by atoms with Crippen molar-refractivity contribution in [3.8, 4) is 11.5 Å². The van der Waals surface area contributed by atoms with Gasteiger partial charge in [0, 0.05) is 32.8 Å². The molecule has 0 radical (unpaired) electrons. The van der Waals surface area contributed by atoms with Crippen LogP contribution in [-0.4, -0.2) is 34.8 Å². The summed E-state index contributed by atoms with van der Waals surface area (Å²) in [6.07, 6.45) is -0.0966. The molecule has 9 heteroatoms. The minimum Gasteiger partial charge on any atom is -0.426 e. The molecule has 1 aliphatic heterocycles. The standard InChI is InChI=1S/C16H15NO8/c1-8-6-11(16(22)25-17-14(20)4-5-15(17)21)13(24-10(3)19)7-12(8)23-9(2)18/h6-7H,4-5H2,1-3H3. The first kappa shape index (κ1) is 18.1. The van der Waals surface area contributed by atoms with Gasteiger partial charge < -0.3 is 14.3 Å². The molecule has 0 unspecified atom stereocenters. The lowest BCUT2D eigenvalue weighted by Gasteiger charge is -2.16. The molecule has 9 nitrogen and oxygen atoms in total. The maximum absolute atomic E-state index is 12.3. The number of nitrogens with zero attached hydrogens (tertiary/aromatic N) is 1. The van der Waals surface area contributed by atoms with Crippen molar-refractivity contribution in [2.45, 2.75) is 33.6 Å². The summed E-state index contributed by atoms with van der Waals surface area (Å²) in [6.45, 7) is 3.87. The van der Waals surface area contributed by atoms with Crippen molar-refractivity contribution in [1.29, 1.82) is 0 Å². The minimum absolute atomic E-state index is 0.0483. The number of carbonyl (C=O) groups excluding carboxylic acids is 5. The average molecular weight is 349 g/mol. The molecule has 1 aromatic rings. The Morgan fingerprint density at radius 3 is 1.96 bits per heavy atom. The highest BCUT2D eigenvalue weighted by Crippen LogP contribution is 2.30. The van der Waals surface area contributed by atoms with Gasteiger partial charge in [-0.2, -0.15) is 0 Å². The fourth-order valence-electron chi connectivity index (χ4n) is 2.12. The van der Waals surface area contributed by atoms with Gasteiger partial charge in [-0.15, -0.1) is 5.06 Å². The third kappa shape index (κ3) is 4.19. The Hall–Kier alpha value is -3.23. The Kier molecular flexibility index (Phi) is 5.16. The van der Waals surface area contributed by atoms with E-state index in [-0.39, 0.29) is 29.9 Å². The third-order valence-electron chi connectivity index (χ3n) is 3.18. The number of imide groups is 1. The van der Waals surface area contributed by atoms with E-state index in [1.165, 1.54) is 19.1 Å². The van der Waals surface area contributed by atoms with Crippen molar-refractivity contribution in [3.63, 3.8) is 0 Å². The number of amides is 2. The Labute approximate surface area is 142 Å². The highest BCUT2D eigenvalue weighted by Gasteiger charge is 2.34. The smallest absolute Gasteiger partial charge is 0.367 e. The molecule has 0 saturated carbocycles. The van der Waals surface area contributed by atoms with Crippen LogP contribution in [0.4, 0.5) is 0 Å². The number of hydroxylamine groups is 2. The van der Waals surface area contributed by atoms with Gasteiger partial charge in [-0.3, -0.25) is 19.2 Å². The summed E-state index contributed by atoms with van der Waals surface area (Å²) < 4.78 is 9.91. The van der Waals surface area contributed by atoms with Gasteiger partial charge in [0.05, 0.1) is 0 Å². The van der Waals surface area contributed by atoms with Crippen LogP contribution in [0, 0.1) is 6.92 Å². The number of hydrogen-bond acceptors (Lipinski definition) is 8. The molecule has 1 fully saturated rings. The molecule has 0 aromatic heterocycles. The molecular weight excluding hydrogens is 334 g/mol. The fraction of sp³-hybridized carbons (Fsp3) is 0.312. The molecule has 0 N–H and O–H groups in total. The monoisotopic (exact) mass is 349 g/mol. The van der Waals surface area contributed by atoms with Crippen molar-refractivity contribution in [1.82, 2.24) is 5.06 Å². The highest BCUT2D eigenvalue weighted by molar-refractivity contribution is 6.03. The molecule has 0 bridgehead atoms. The molecule has 2 amide bonds. The summed E-state index contributed by atoms with van der Waals surface area (Å²) in [4.78, 5) is 62.6. The van der Waals surface area contributed by atoms with Crippen LogP contribution in [0.25, 0.3) is 0 Å². The number of benzene rings is 1. The first-order chi connectivity index (χ1) is 11.7. The highest BCUT2D eigenvalue weighted by atomic mass is 16.7. The zero-order valence-electron chi connectivity index (χ0n) is 13.8. The van der Waals surface area contributed by atoms with Crippen LogP contribution >= 0.6 is 0 Å². The van der Waals surface area contributed by atoms with Crippen LogP contribution in [0.2, 0.25) is 0 Å². The summed E-state index contributed by atoms with van der Waals surface area (Å²) in [5, 5.41) is 0.384. The number of ether oxygens (including phenoxy) is 2. The van der Waals surface area contributed by atoms with Gasteiger partial charge in [0.1, 0.15) is 17.1 Å². The summed E-state index contributed by atoms with van der Waals surface area (Å²) in [5.41, 5.74) is 0.188. The van der Waals surface area contributed by atoms with E-state index < -0.39 is 29.7 Å². The van der Waals surface area contributed by atoms with E-state index in [4.69, 9.17) is 14.3 Å². The van der Waals surface area contributed by atoms with Crippen LogP contribution in [0.3, 0.4) is 0 Å². The molecular formula is C16H15NO8. The van der Waals surface area contributed by atoms with E-state index in [2.05, 4.69) is 0 Å². The number of rotatable bonds is 4. The summed E-state index contributed by atoms with van der Waals surface area (Å²) in [7, 11) is 0. The molecule has 1 heterocycles. The Morgan fingerprint density at radius 2 is 1.44 bits per heavy atom. The van der Waals surface area contributed by atoms with Crippen LogP contribution < -0.4 is 9.47 Å². The van der Waals surface area contributed by atoms with Gasteiger partial charge in [-0.1, -0.05) is 0 Å². The topological polar surface area (TPSA) is 116 Å². The van der Waals surface area contributed by atoms with E-state index >= 15 is 0 Å². The first-order valence-corrected chi connectivity index (χ1v) is 7.28. The van der Waals surface area contributed by atoms with E-state index in [1.54, 1.807) is 6.92 Å². The van der Waals surface area contributed by atoms with Crippen molar-refractivity contribution in [3.05, 3.63) is 23.3 Å². The molecule has 1 aliphatic rings. The Bertz CT molecular complexity index is 767. The number of esters is 2. The summed E-state index contributed by atoms with van der Waals surface area (Å²) in [5.74, 6) is -3.79. The van der Waals surface area contributed by atoms with Gasteiger partial charge in [0.2, 0.25) is 0 Å². The normalized spacial score (nSPS) is 13.6. The van der Waals surface area contributed by atoms with Crippen molar-refractivity contribution in [2.24, 2.45) is 0 Å². The van der Waals surface area contributed by atoms with Crippen LogP contribution in [0.5, 0.6) is 11.5 Å². The predicted molar refractivity (Wildman–Crippen MR) is 80.3 cm³/mol. The van der Waals surface area contributed by atoms with Gasteiger partial charge in [0.25, 0.3) is 11.8 Å². The Balaban J connectivity index is 2.37. The van der Waals surface area contributed by atoms with Gasteiger partial charge in [0.15, 0.2) is 0 Å². The number of hydrogen-bond donors (Lipinski definition) is 0. The maximum Gasteiger partial charge on any atom is 0.367 e. The molecule has 1 aromatic carbocycles. The molecule has 0 spiro atoms. The van der Waals surface area contributed by atoms with Crippen LogP contribution in [0.1, 0.15) is 42.6 Å². The second-order valence-electron chi connectivity index (χ2n) is 5.26. The summed E-state index contributed by atoms with van der Waals surface area (Å²) in [6, 6.07) is 2.45. The fourth-order valence-corrected chi connectivity index (χ4v) is 2.12. The maximum atomic E-state index is 12.3. The minimum atomic E-state index is -1.06. The average Bonchev–Trinajstić information content (AvgIpc) is 2.81. The van der Waals surface area contributed by atoms with Gasteiger partial charge >= 0.3 is 17.9 Å². The van der Waals surface area contributed by atoms with Gasteiger partial charge in [-0.05, 0) is 18.6 Å². The zero-order chi connectivity index (χ0) is 18.7. The third-order valence-corrected chi connectivity index (χ3v) is 3.18. The largest absolute Gasteiger partial charge is 0.426 e. The quantitative estimate of drug-likeness (QED) is 0.450. The molecule has 0 aliphatic carbocycles. The van der Waals surface area contributed by atoms with E-state index in [9.17, 15) is 24.0 Å². The summed E-state index contributed by atoms with van der Waals surface area (Å²) >= 11 is 0. The van der Waals surface area contributed by atoms with E-state index in [0.717, 1.165) is 6.92 Å². The Morgan fingerprint density at radius 1 is 0.920 bits per heavy atom. The van der Waals surface area contributed by atoms with Crippen molar-refractivity contribution >= 4 is 29.7 Å². The lowest BCUT2D eigenvalue weighted by Crippen LogP contribution is -2.32. The van der Waals surface area contributed by atoms with Crippen molar-refractivity contribution < 1.29 is 38.3 Å². The van der Waals surface area contributed by atoms with Crippen LogP contribution in [0.15, 0.2) is 12.1 Å². The van der Waals surface area contributed by atoms with Crippen LogP contribution in [-0.2, 0) is 24.0 Å². The lowest BCUT2D eigenvalue weighted by atomic mass is 10.1. The van der Waals surface area contributed by atoms with Crippen molar-refractivity contribution in [2.75, 3.05) is 0 Å². The molecule has 25 heavy (non-hydrogen) atoms. The predicted octanol–water partition coefficient (Wildman–Crippen LogP) is 1.07. The molecule has 1 saturated heterocycles. The lowest BCUT2D eigenvalue weighted by molar-refractivity contribution is -0.172.